The molecule has 2 aromatic carbocycles. The number of carbonyl (C=O) groups excluding carboxylic acids is 1. The van der Waals surface area contributed by atoms with E-state index in [1.165, 1.54) is 31.6 Å². The monoisotopic (exact) mass is 648 g/mol. The summed E-state index contributed by atoms with van der Waals surface area (Å²) in [6.07, 6.45) is -0.723. The Morgan fingerprint density at radius 3 is 2.62 bits per heavy atom. The molecule has 1 N–H and O–H groups in total. The van der Waals surface area contributed by atoms with Crippen molar-refractivity contribution in [2.45, 2.75) is 51.4 Å². The van der Waals surface area contributed by atoms with Crippen molar-refractivity contribution in [3.63, 3.8) is 0 Å². The second-order valence-electron chi connectivity index (χ2n) is 10.7. The second kappa shape index (κ2) is 12.9. The molecular weight excluding hydrogens is 615 g/mol. The zero-order chi connectivity index (χ0) is 29.0. The third-order valence-corrected chi connectivity index (χ3v) is 9.93. The molecule has 2 heterocycles. The molecule has 0 aliphatic carbocycles. The van der Waals surface area contributed by atoms with Crippen LogP contribution >= 0.6 is 27.3 Å². The molecule has 2 aromatic heterocycles. The third kappa shape index (κ3) is 6.83. The molecular formula is C29H34BrFN2O5SSi. The maximum atomic E-state index is 14.5. The van der Waals surface area contributed by atoms with E-state index in [0.717, 1.165) is 17.0 Å². The molecule has 0 aliphatic heterocycles. The fourth-order valence-corrected chi connectivity index (χ4v) is 6.73. The molecule has 0 bridgehead atoms. The average molecular weight is 650 g/mol. The van der Waals surface area contributed by atoms with Crippen LogP contribution in [0, 0.1) is 5.82 Å². The van der Waals surface area contributed by atoms with Gasteiger partial charge in [0, 0.05) is 43.0 Å². The van der Waals surface area contributed by atoms with Crippen LogP contribution in [0.25, 0.3) is 21.5 Å². The predicted molar refractivity (Wildman–Crippen MR) is 163 cm³/mol. The minimum absolute atomic E-state index is 0.104. The number of methoxy groups -OCH3 is 2. The van der Waals surface area contributed by atoms with Gasteiger partial charge in [-0.15, -0.1) is 11.3 Å². The SMILES string of the molecule is COc1ccc(C(=O)CCC(O)c2c(Br)nc(-c3csc4c(F)cccc34)n2COCC[Si](C)(C)C)cc1OC. The van der Waals surface area contributed by atoms with Crippen molar-refractivity contribution in [3.8, 4) is 22.9 Å². The number of ketones is 1. The molecule has 0 spiro atoms. The number of hydrogen-bond acceptors (Lipinski definition) is 7. The van der Waals surface area contributed by atoms with Crippen molar-refractivity contribution >= 4 is 51.2 Å². The lowest BCUT2D eigenvalue weighted by Gasteiger charge is -2.19. The summed E-state index contributed by atoms with van der Waals surface area (Å²) in [6, 6.07) is 11.0. The summed E-state index contributed by atoms with van der Waals surface area (Å²) >= 11 is 4.84. The zero-order valence-corrected chi connectivity index (χ0v) is 26.7. The van der Waals surface area contributed by atoms with Crippen LogP contribution in [0.1, 0.15) is 35.0 Å². The largest absolute Gasteiger partial charge is 0.493 e. The van der Waals surface area contributed by atoms with Crippen molar-refractivity contribution in [3.05, 3.63) is 63.5 Å². The Kier molecular flexibility index (Phi) is 9.83. The number of aliphatic hydroxyl groups is 1. The number of fused-ring (bicyclic) bond motifs is 1. The lowest BCUT2D eigenvalue weighted by molar-refractivity contribution is 0.0744. The van der Waals surface area contributed by atoms with E-state index < -0.39 is 14.2 Å². The summed E-state index contributed by atoms with van der Waals surface area (Å²) in [5.41, 5.74) is 1.74. The number of nitrogens with zero attached hydrogens (tertiary/aromatic N) is 2. The molecule has 4 aromatic rings. The molecule has 4 rings (SSSR count). The van der Waals surface area contributed by atoms with Crippen LogP contribution in [0.2, 0.25) is 25.7 Å². The summed E-state index contributed by atoms with van der Waals surface area (Å²) in [5.74, 6) is 1.15. The smallest absolute Gasteiger partial charge is 0.163 e. The first-order valence-electron chi connectivity index (χ1n) is 13.0. The van der Waals surface area contributed by atoms with Crippen molar-refractivity contribution in [2.75, 3.05) is 20.8 Å². The Labute approximate surface area is 247 Å². The van der Waals surface area contributed by atoms with Gasteiger partial charge in [0.2, 0.25) is 0 Å². The van der Waals surface area contributed by atoms with E-state index in [9.17, 15) is 14.3 Å². The molecule has 0 amide bonds. The van der Waals surface area contributed by atoms with Crippen molar-refractivity contribution < 1.29 is 28.5 Å². The Bertz CT molecular complexity index is 1500. The molecule has 0 fully saturated rings. The van der Waals surface area contributed by atoms with Crippen LogP contribution in [0.15, 0.2) is 46.4 Å². The number of imidazole rings is 1. The zero-order valence-electron chi connectivity index (χ0n) is 23.3. The van der Waals surface area contributed by atoms with E-state index in [-0.39, 0.29) is 31.2 Å². The molecule has 214 valence electrons. The number of Topliss-reactive ketones (excluding diaryl/α,β-unsaturated/α-hetero) is 1. The van der Waals surface area contributed by atoms with Crippen LogP contribution in [-0.2, 0) is 11.5 Å². The summed E-state index contributed by atoms with van der Waals surface area (Å²) in [7, 11) is 1.75. The fourth-order valence-electron chi connectivity index (χ4n) is 4.38. The van der Waals surface area contributed by atoms with Gasteiger partial charge in [-0.3, -0.25) is 4.79 Å². The van der Waals surface area contributed by atoms with Gasteiger partial charge in [-0.05, 0) is 52.7 Å². The molecule has 11 heteroatoms. The van der Waals surface area contributed by atoms with Gasteiger partial charge in [-0.2, -0.15) is 0 Å². The highest BCUT2D eigenvalue weighted by Gasteiger charge is 2.26. The molecule has 7 nitrogen and oxygen atoms in total. The van der Waals surface area contributed by atoms with Gasteiger partial charge in [0.25, 0.3) is 0 Å². The van der Waals surface area contributed by atoms with Gasteiger partial charge in [0.1, 0.15) is 23.0 Å². The third-order valence-electron chi connectivity index (χ3n) is 6.64. The molecule has 1 unspecified atom stereocenters. The first kappa shape index (κ1) is 30.4. The van der Waals surface area contributed by atoms with Crippen LogP contribution in [0.4, 0.5) is 4.39 Å². The van der Waals surface area contributed by atoms with Crippen LogP contribution in [0.3, 0.4) is 0 Å². The molecule has 0 aliphatic rings. The number of aromatic nitrogens is 2. The van der Waals surface area contributed by atoms with E-state index in [4.69, 9.17) is 19.2 Å². The summed E-state index contributed by atoms with van der Waals surface area (Å²) in [4.78, 5) is 17.7. The van der Waals surface area contributed by atoms with E-state index >= 15 is 0 Å². The first-order valence-corrected chi connectivity index (χ1v) is 18.3. The van der Waals surface area contributed by atoms with E-state index in [2.05, 4.69) is 35.6 Å². The van der Waals surface area contributed by atoms with E-state index in [0.29, 0.717) is 44.5 Å². The van der Waals surface area contributed by atoms with Gasteiger partial charge in [-0.25, -0.2) is 9.37 Å². The lowest BCUT2D eigenvalue weighted by atomic mass is 10.0. The minimum Gasteiger partial charge on any atom is -0.493 e. The number of thiophene rings is 1. The topological polar surface area (TPSA) is 82.8 Å². The number of aliphatic hydroxyl groups excluding tert-OH is 1. The lowest BCUT2D eigenvalue weighted by Crippen LogP contribution is -2.22. The van der Waals surface area contributed by atoms with Crippen LogP contribution in [0.5, 0.6) is 11.5 Å². The highest BCUT2D eigenvalue weighted by Crippen LogP contribution is 2.39. The molecule has 1 atom stereocenters. The van der Waals surface area contributed by atoms with Gasteiger partial charge in [0.15, 0.2) is 17.3 Å². The maximum Gasteiger partial charge on any atom is 0.163 e. The second-order valence-corrected chi connectivity index (χ2v) is 18.0. The van der Waals surface area contributed by atoms with Gasteiger partial charge < -0.3 is 23.9 Å². The van der Waals surface area contributed by atoms with Crippen LogP contribution in [-0.4, -0.2) is 49.3 Å². The van der Waals surface area contributed by atoms with Crippen LogP contribution < -0.4 is 9.47 Å². The molecule has 0 saturated carbocycles. The van der Waals surface area contributed by atoms with Crippen molar-refractivity contribution in [1.29, 1.82) is 0 Å². The Hall–Kier alpha value is -2.57. The Morgan fingerprint density at radius 2 is 1.93 bits per heavy atom. The first-order chi connectivity index (χ1) is 19.0. The number of carbonyl (C=O) groups is 1. The number of rotatable bonds is 13. The van der Waals surface area contributed by atoms with Gasteiger partial charge >= 0.3 is 0 Å². The number of hydrogen-bond donors (Lipinski definition) is 1. The van der Waals surface area contributed by atoms with E-state index in [1.807, 2.05) is 16.0 Å². The van der Waals surface area contributed by atoms with Gasteiger partial charge in [-0.1, -0.05) is 31.8 Å². The quantitative estimate of drug-likeness (QED) is 0.0909. The number of ether oxygens (including phenoxy) is 3. The fraction of sp³-hybridized carbons (Fsp3) is 0.379. The Balaban J connectivity index is 1.61. The molecule has 0 saturated heterocycles. The Morgan fingerprint density at radius 1 is 1.18 bits per heavy atom. The standard InChI is InChI=1S/C29H34BrFN2O5SSi/c1-36-24-12-9-18(15-25(24)37-2)22(34)10-11-23(35)26-28(30)32-29(33(26)17-38-13-14-40(3,4)5)20-16-39-27-19(20)7-6-8-21(27)31/h6-9,12,15-16,23,35H,10-11,13-14,17H2,1-5H3. The summed E-state index contributed by atoms with van der Waals surface area (Å²) in [5, 5.41) is 13.9. The summed E-state index contributed by atoms with van der Waals surface area (Å²) < 4.78 is 33.9. The molecule has 0 radical (unpaired) electrons. The number of benzene rings is 2. The normalized spacial score (nSPS) is 12.6. The minimum atomic E-state index is -1.31. The highest BCUT2D eigenvalue weighted by atomic mass is 79.9. The predicted octanol–water partition coefficient (Wildman–Crippen LogP) is 7.69. The highest BCUT2D eigenvalue weighted by molar-refractivity contribution is 9.10. The summed E-state index contributed by atoms with van der Waals surface area (Å²) in [6.45, 7) is 7.60. The van der Waals surface area contributed by atoms with Crippen molar-refractivity contribution in [1.82, 2.24) is 9.55 Å². The van der Waals surface area contributed by atoms with E-state index in [1.54, 1.807) is 24.3 Å². The van der Waals surface area contributed by atoms with Crippen molar-refractivity contribution in [2.24, 2.45) is 0 Å². The molecule has 40 heavy (non-hydrogen) atoms. The maximum absolute atomic E-state index is 14.5. The number of halogens is 2. The van der Waals surface area contributed by atoms with Gasteiger partial charge in [0.05, 0.1) is 30.7 Å². The average Bonchev–Trinajstić information content (AvgIpc) is 3.49.